The second-order valence-electron chi connectivity index (χ2n) is 3.91. The van der Waals surface area contributed by atoms with Gasteiger partial charge in [-0.2, -0.15) is 0 Å². The number of aryl methyl sites for hydroxylation is 1. The van der Waals surface area contributed by atoms with E-state index in [2.05, 4.69) is 34.4 Å². The largest absolute Gasteiger partial charge is 0.358 e. The Morgan fingerprint density at radius 3 is 2.94 bits per heavy atom. The van der Waals surface area contributed by atoms with Crippen molar-refractivity contribution in [3.05, 3.63) is 24.0 Å². The number of aromatic nitrogens is 1. The molecule has 1 aromatic heterocycles. The summed E-state index contributed by atoms with van der Waals surface area (Å²) in [5.41, 5.74) is 1.22. The molecular formula is C12H21N3O. The van der Waals surface area contributed by atoms with Crippen molar-refractivity contribution < 1.29 is 4.79 Å². The van der Waals surface area contributed by atoms with Gasteiger partial charge < -0.3 is 15.2 Å². The van der Waals surface area contributed by atoms with Crippen LogP contribution < -0.4 is 10.6 Å². The molecule has 4 heteroatoms. The Balaban J connectivity index is 2.47. The molecule has 90 valence electrons. The minimum absolute atomic E-state index is 0.0218. The zero-order chi connectivity index (χ0) is 12.0. The molecule has 1 aromatic rings. The maximum Gasteiger partial charge on any atom is 0.236 e. The molecule has 0 aliphatic carbocycles. The predicted octanol–water partition coefficient (Wildman–Crippen LogP) is 1.12. The second kappa shape index (κ2) is 6.33. The highest BCUT2D eigenvalue weighted by atomic mass is 16.2. The lowest BCUT2D eigenvalue weighted by Crippen LogP contribution is -2.40. The summed E-state index contributed by atoms with van der Waals surface area (Å²) < 4.78 is 2.21. The number of carbonyl (C=O) groups excluding carboxylic acids is 1. The molecule has 1 unspecified atom stereocenters. The zero-order valence-corrected chi connectivity index (χ0v) is 10.3. The highest BCUT2D eigenvalue weighted by Crippen LogP contribution is 2.03. The molecule has 2 N–H and O–H groups in total. The molecule has 1 atom stereocenters. The van der Waals surface area contributed by atoms with Crippen molar-refractivity contribution in [2.45, 2.75) is 39.4 Å². The van der Waals surface area contributed by atoms with Gasteiger partial charge in [0, 0.05) is 32.0 Å². The normalized spacial score (nSPS) is 12.4. The zero-order valence-electron chi connectivity index (χ0n) is 10.3. The SMILES string of the molecule is CCCn1cccc1CNC(C)C(=O)NC. The van der Waals surface area contributed by atoms with Crippen LogP contribution in [0.15, 0.2) is 18.3 Å². The summed E-state index contributed by atoms with van der Waals surface area (Å²) >= 11 is 0. The van der Waals surface area contributed by atoms with Crippen LogP contribution in [0.25, 0.3) is 0 Å². The van der Waals surface area contributed by atoms with Crippen LogP contribution in [0, 0.1) is 0 Å². The molecule has 0 aliphatic rings. The first-order valence-electron chi connectivity index (χ1n) is 5.78. The van der Waals surface area contributed by atoms with Crippen LogP contribution in [0.4, 0.5) is 0 Å². The number of rotatable bonds is 6. The van der Waals surface area contributed by atoms with Crippen molar-refractivity contribution in [2.24, 2.45) is 0 Å². The van der Waals surface area contributed by atoms with E-state index in [-0.39, 0.29) is 11.9 Å². The molecule has 0 bridgehead atoms. The van der Waals surface area contributed by atoms with Crippen LogP contribution in [0.2, 0.25) is 0 Å². The summed E-state index contributed by atoms with van der Waals surface area (Å²) in [7, 11) is 1.65. The van der Waals surface area contributed by atoms with Gasteiger partial charge in [-0.1, -0.05) is 6.92 Å². The third kappa shape index (κ3) is 3.38. The standard InChI is InChI=1S/C12H21N3O/c1-4-7-15-8-5-6-11(15)9-14-10(2)12(16)13-3/h5-6,8,10,14H,4,7,9H2,1-3H3,(H,13,16). The van der Waals surface area contributed by atoms with Crippen LogP contribution in [-0.2, 0) is 17.9 Å². The summed E-state index contributed by atoms with van der Waals surface area (Å²) in [6, 6.07) is 3.96. The highest BCUT2D eigenvalue weighted by molar-refractivity contribution is 5.80. The topological polar surface area (TPSA) is 46.1 Å². The monoisotopic (exact) mass is 223 g/mol. The number of amides is 1. The van der Waals surface area contributed by atoms with Crippen molar-refractivity contribution >= 4 is 5.91 Å². The first-order valence-corrected chi connectivity index (χ1v) is 5.78. The molecular weight excluding hydrogens is 202 g/mol. The Bertz CT molecular complexity index is 333. The minimum Gasteiger partial charge on any atom is -0.358 e. The summed E-state index contributed by atoms with van der Waals surface area (Å²) in [6.45, 7) is 5.77. The molecule has 1 heterocycles. The van der Waals surface area contributed by atoms with E-state index in [4.69, 9.17) is 0 Å². The molecule has 0 spiro atoms. The molecule has 0 saturated heterocycles. The van der Waals surface area contributed by atoms with Gasteiger partial charge in [0.2, 0.25) is 5.91 Å². The van der Waals surface area contributed by atoms with Gasteiger partial charge in [-0.15, -0.1) is 0 Å². The molecule has 16 heavy (non-hydrogen) atoms. The van der Waals surface area contributed by atoms with Gasteiger partial charge in [0.1, 0.15) is 0 Å². The van der Waals surface area contributed by atoms with Gasteiger partial charge in [-0.3, -0.25) is 4.79 Å². The quantitative estimate of drug-likeness (QED) is 0.759. The Morgan fingerprint density at radius 1 is 1.56 bits per heavy atom. The third-order valence-electron chi connectivity index (χ3n) is 2.62. The van der Waals surface area contributed by atoms with E-state index in [1.807, 2.05) is 13.0 Å². The average molecular weight is 223 g/mol. The lowest BCUT2D eigenvalue weighted by molar-refractivity contribution is -0.122. The van der Waals surface area contributed by atoms with Gasteiger partial charge in [0.05, 0.1) is 6.04 Å². The van der Waals surface area contributed by atoms with Crippen molar-refractivity contribution in [3.63, 3.8) is 0 Å². The Morgan fingerprint density at radius 2 is 2.31 bits per heavy atom. The molecule has 0 aromatic carbocycles. The predicted molar refractivity (Wildman–Crippen MR) is 65.1 cm³/mol. The van der Waals surface area contributed by atoms with Gasteiger partial charge in [-0.05, 0) is 25.5 Å². The van der Waals surface area contributed by atoms with Crippen LogP contribution in [0.3, 0.4) is 0 Å². The van der Waals surface area contributed by atoms with Crippen molar-refractivity contribution in [3.8, 4) is 0 Å². The van der Waals surface area contributed by atoms with E-state index < -0.39 is 0 Å². The molecule has 0 fully saturated rings. The van der Waals surface area contributed by atoms with Gasteiger partial charge in [0.15, 0.2) is 0 Å². The summed E-state index contributed by atoms with van der Waals surface area (Å²) in [5.74, 6) is 0.0218. The van der Waals surface area contributed by atoms with E-state index in [9.17, 15) is 4.79 Å². The van der Waals surface area contributed by atoms with Crippen LogP contribution in [0.5, 0.6) is 0 Å². The van der Waals surface area contributed by atoms with E-state index >= 15 is 0 Å². The summed E-state index contributed by atoms with van der Waals surface area (Å²) in [5, 5.41) is 5.83. The maximum atomic E-state index is 11.3. The maximum absolute atomic E-state index is 11.3. The average Bonchev–Trinajstić information content (AvgIpc) is 2.73. The second-order valence-corrected chi connectivity index (χ2v) is 3.91. The lowest BCUT2D eigenvalue weighted by atomic mass is 10.3. The smallest absolute Gasteiger partial charge is 0.236 e. The molecule has 1 rings (SSSR count). The Hall–Kier alpha value is -1.29. The fourth-order valence-corrected chi connectivity index (χ4v) is 1.64. The first kappa shape index (κ1) is 12.8. The number of carbonyl (C=O) groups is 1. The number of nitrogens with zero attached hydrogens (tertiary/aromatic N) is 1. The Kier molecular flexibility index (Phi) is 5.05. The van der Waals surface area contributed by atoms with Crippen molar-refractivity contribution in [1.29, 1.82) is 0 Å². The number of hydrogen-bond acceptors (Lipinski definition) is 2. The van der Waals surface area contributed by atoms with Crippen molar-refractivity contribution in [1.82, 2.24) is 15.2 Å². The van der Waals surface area contributed by atoms with Crippen LogP contribution in [-0.4, -0.2) is 23.6 Å². The van der Waals surface area contributed by atoms with Gasteiger partial charge >= 0.3 is 0 Å². The lowest BCUT2D eigenvalue weighted by Gasteiger charge is -2.13. The summed E-state index contributed by atoms with van der Waals surface area (Å²) in [6.07, 6.45) is 3.19. The molecule has 0 radical (unpaired) electrons. The molecule has 0 aliphatic heterocycles. The van der Waals surface area contributed by atoms with E-state index in [0.717, 1.165) is 19.5 Å². The molecule has 1 amide bonds. The van der Waals surface area contributed by atoms with E-state index in [0.29, 0.717) is 0 Å². The number of hydrogen-bond donors (Lipinski definition) is 2. The van der Waals surface area contributed by atoms with Crippen LogP contribution >= 0.6 is 0 Å². The Labute approximate surface area is 97.0 Å². The third-order valence-corrected chi connectivity index (χ3v) is 2.62. The summed E-state index contributed by atoms with van der Waals surface area (Å²) in [4.78, 5) is 11.3. The number of nitrogens with one attached hydrogen (secondary N) is 2. The van der Waals surface area contributed by atoms with E-state index in [1.165, 1.54) is 5.69 Å². The van der Waals surface area contributed by atoms with Crippen molar-refractivity contribution in [2.75, 3.05) is 7.05 Å². The van der Waals surface area contributed by atoms with Gasteiger partial charge in [-0.25, -0.2) is 0 Å². The fraction of sp³-hybridized carbons (Fsp3) is 0.583. The van der Waals surface area contributed by atoms with E-state index in [1.54, 1.807) is 7.05 Å². The first-order chi connectivity index (χ1) is 7.69. The highest BCUT2D eigenvalue weighted by Gasteiger charge is 2.10. The minimum atomic E-state index is -0.157. The fourth-order valence-electron chi connectivity index (χ4n) is 1.64. The number of likely N-dealkylation sites (N-methyl/N-ethyl adjacent to an activating group) is 1. The molecule has 0 saturated carbocycles. The molecule has 4 nitrogen and oxygen atoms in total. The van der Waals surface area contributed by atoms with Crippen LogP contribution in [0.1, 0.15) is 26.0 Å². The van der Waals surface area contributed by atoms with Gasteiger partial charge in [0.25, 0.3) is 0 Å².